The van der Waals surface area contributed by atoms with Crippen LogP contribution in [0.5, 0.6) is 5.75 Å². The molecule has 1 rings (SSSR count). The van der Waals surface area contributed by atoms with Gasteiger partial charge in [0.05, 0.1) is 13.3 Å². The summed E-state index contributed by atoms with van der Waals surface area (Å²) < 4.78 is 5.26. The zero-order valence-corrected chi connectivity index (χ0v) is 13.3. The van der Waals surface area contributed by atoms with Gasteiger partial charge in [-0.15, -0.1) is 0 Å². The second-order valence-corrected chi connectivity index (χ2v) is 5.32. The van der Waals surface area contributed by atoms with Crippen LogP contribution in [0.4, 0.5) is 0 Å². The monoisotopic (exact) mass is 278 g/mol. The number of methoxy groups -OCH3 is 1. The molecule has 0 aliphatic rings. The van der Waals surface area contributed by atoms with E-state index in [1.807, 2.05) is 6.20 Å². The summed E-state index contributed by atoms with van der Waals surface area (Å²) in [6.07, 6.45) is 12.9. The van der Waals surface area contributed by atoms with E-state index in [0.29, 0.717) is 6.04 Å². The van der Waals surface area contributed by atoms with Crippen molar-refractivity contribution in [3.63, 3.8) is 0 Å². The Balaban J connectivity index is 2.42. The van der Waals surface area contributed by atoms with Crippen LogP contribution in [-0.4, -0.2) is 18.6 Å². The van der Waals surface area contributed by atoms with Crippen molar-refractivity contribution in [2.24, 2.45) is 0 Å². The summed E-state index contributed by atoms with van der Waals surface area (Å²) in [5.41, 5.74) is 1.24. The lowest BCUT2D eigenvalue weighted by Crippen LogP contribution is -2.21. The second kappa shape index (κ2) is 10.7. The summed E-state index contributed by atoms with van der Waals surface area (Å²) in [6.45, 7) is 5.40. The molecule has 1 heterocycles. The lowest BCUT2D eigenvalue weighted by molar-refractivity contribution is 0.409. The largest absolute Gasteiger partial charge is 0.495 e. The van der Waals surface area contributed by atoms with Gasteiger partial charge in [0.1, 0.15) is 5.75 Å². The molecule has 0 amide bonds. The van der Waals surface area contributed by atoms with Crippen LogP contribution in [0.3, 0.4) is 0 Å². The summed E-state index contributed by atoms with van der Waals surface area (Å²) in [4.78, 5) is 4.26. The lowest BCUT2D eigenvalue weighted by atomic mass is 10.0. The van der Waals surface area contributed by atoms with Crippen LogP contribution in [0.25, 0.3) is 0 Å². The normalized spacial score (nSPS) is 12.3. The van der Waals surface area contributed by atoms with Crippen LogP contribution >= 0.6 is 0 Å². The fourth-order valence-electron chi connectivity index (χ4n) is 2.50. The molecule has 0 radical (unpaired) electrons. The van der Waals surface area contributed by atoms with Crippen LogP contribution < -0.4 is 10.1 Å². The number of hydrogen-bond acceptors (Lipinski definition) is 3. The summed E-state index contributed by atoms with van der Waals surface area (Å²) in [5.74, 6) is 0.841. The number of rotatable bonds is 11. The van der Waals surface area contributed by atoms with E-state index in [0.717, 1.165) is 12.3 Å². The predicted molar refractivity (Wildman–Crippen MR) is 85.2 cm³/mol. The molecule has 1 N–H and O–H groups in total. The highest BCUT2D eigenvalue weighted by atomic mass is 16.5. The Labute approximate surface area is 124 Å². The molecule has 20 heavy (non-hydrogen) atoms. The number of nitrogens with one attached hydrogen (secondary N) is 1. The first-order valence-electron chi connectivity index (χ1n) is 8.04. The molecule has 0 fully saturated rings. The van der Waals surface area contributed by atoms with Gasteiger partial charge in [-0.1, -0.05) is 52.4 Å². The predicted octanol–water partition coefficient (Wildman–Crippen LogP) is 4.49. The van der Waals surface area contributed by atoms with Crippen molar-refractivity contribution in [1.29, 1.82) is 0 Å². The molecular formula is C17H30N2O. The molecule has 0 saturated carbocycles. The highest BCUT2D eigenvalue weighted by molar-refractivity contribution is 5.25. The average Bonchev–Trinajstić information content (AvgIpc) is 2.49. The summed E-state index contributed by atoms with van der Waals surface area (Å²) in [7, 11) is 1.69. The van der Waals surface area contributed by atoms with Crippen LogP contribution in [-0.2, 0) is 0 Å². The quantitative estimate of drug-likeness (QED) is 0.605. The first-order chi connectivity index (χ1) is 9.81. The van der Waals surface area contributed by atoms with Gasteiger partial charge >= 0.3 is 0 Å². The molecule has 0 aliphatic heterocycles. The molecule has 0 saturated heterocycles. The van der Waals surface area contributed by atoms with Gasteiger partial charge in [0, 0.05) is 12.2 Å². The van der Waals surface area contributed by atoms with E-state index in [2.05, 4.69) is 30.2 Å². The van der Waals surface area contributed by atoms with Crippen LogP contribution in [0.15, 0.2) is 18.5 Å². The van der Waals surface area contributed by atoms with E-state index in [1.165, 1.54) is 50.5 Å². The Morgan fingerprint density at radius 3 is 2.55 bits per heavy atom. The standard InChI is InChI=1S/C17H30N2O/c1-4-6-7-8-9-10-11-17(19-5-2)15-12-16(20-3)14-18-13-15/h12-14,17,19H,4-11H2,1-3H3. The molecular weight excluding hydrogens is 248 g/mol. The molecule has 1 atom stereocenters. The van der Waals surface area contributed by atoms with Gasteiger partial charge < -0.3 is 10.1 Å². The molecule has 0 spiro atoms. The number of ether oxygens (including phenoxy) is 1. The van der Waals surface area contributed by atoms with Gasteiger partial charge in [-0.2, -0.15) is 0 Å². The number of unbranched alkanes of at least 4 members (excludes halogenated alkanes) is 5. The topological polar surface area (TPSA) is 34.2 Å². The number of nitrogens with zero attached hydrogens (tertiary/aromatic N) is 1. The first-order valence-corrected chi connectivity index (χ1v) is 8.04. The van der Waals surface area contributed by atoms with Gasteiger partial charge in [-0.3, -0.25) is 4.98 Å². The van der Waals surface area contributed by atoms with Crippen LogP contribution in [0.2, 0.25) is 0 Å². The maximum atomic E-state index is 5.26. The molecule has 0 aliphatic carbocycles. The molecule has 3 nitrogen and oxygen atoms in total. The Morgan fingerprint density at radius 2 is 1.85 bits per heavy atom. The zero-order chi connectivity index (χ0) is 14.6. The molecule has 1 aromatic heterocycles. The number of hydrogen-bond donors (Lipinski definition) is 1. The molecule has 1 unspecified atom stereocenters. The minimum absolute atomic E-state index is 0.397. The van der Waals surface area contributed by atoms with Crippen molar-refractivity contribution in [1.82, 2.24) is 10.3 Å². The summed E-state index contributed by atoms with van der Waals surface area (Å²) in [6, 6.07) is 2.49. The maximum absolute atomic E-state index is 5.26. The number of pyridine rings is 1. The number of aromatic nitrogens is 1. The summed E-state index contributed by atoms with van der Waals surface area (Å²) >= 11 is 0. The average molecular weight is 278 g/mol. The van der Waals surface area contributed by atoms with Gasteiger partial charge in [-0.05, 0) is 24.6 Å². The maximum Gasteiger partial charge on any atom is 0.137 e. The molecule has 1 aromatic rings. The van der Waals surface area contributed by atoms with E-state index in [9.17, 15) is 0 Å². The van der Waals surface area contributed by atoms with E-state index in [-0.39, 0.29) is 0 Å². The van der Waals surface area contributed by atoms with Crippen molar-refractivity contribution in [3.05, 3.63) is 24.0 Å². The van der Waals surface area contributed by atoms with Crippen molar-refractivity contribution in [3.8, 4) is 5.75 Å². The minimum Gasteiger partial charge on any atom is -0.495 e. The second-order valence-electron chi connectivity index (χ2n) is 5.32. The summed E-state index contributed by atoms with van der Waals surface area (Å²) in [5, 5.41) is 3.56. The van der Waals surface area contributed by atoms with Crippen LogP contribution in [0, 0.1) is 0 Å². The van der Waals surface area contributed by atoms with Gasteiger partial charge in [0.25, 0.3) is 0 Å². The van der Waals surface area contributed by atoms with Gasteiger partial charge in [0.2, 0.25) is 0 Å². The smallest absolute Gasteiger partial charge is 0.137 e. The molecule has 3 heteroatoms. The SMILES string of the molecule is CCCCCCCCC(NCC)c1cncc(OC)c1. The van der Waals surface area contributed by atoms with Gasteiger partial charge in [-0.25, -0.2) is 0 Å². The van der Waals surface area contributed by atoms with Crippen LogP contribution in [0.1, 0.15) is 70.4 Å². The third-order valence-corrected chi connectivity index (χ3v) is 3.67. The fraction of sp³-hybridized carbons (Fsp3) is 0.706. The third-order valence-electron chi connectivity index (χ3n) is 3.67. The Bertz CT molecular complexity index is 355. The minimum atomic E-state index is 0.397. The van der Waals surface area contributed by atoms with Crippen molar-refractivity contribution in [2.45, 2.75) is 64.8 Å². The first kappa shape index (κ1) is 17.0. The Hall–Kier alpha value is -1.09. The molecule has 114 valence electrons. The Morgan fingerprint density at radius 1 is 1.10 bits per heavy atom. The van der Waals surface area contributed by atoms with Crippen molar-refractivity contribution in [2.75, 3.05) is 13.7 Å². The van der Waals surface area contributed by atoms with E-state index in [1.54, 1.807) is 13.3 Å². The van der Waals surface area contributed by atoms with Gasteiger partial charge in [0.15, 0.2) is 0 Å². The molecule has 0 aromatic carbocycles. The fourth-order valence-corrected chi connectivity index (χ4v) is 2.50. The van der Waals surface area contributed by atoms with Crippen molar-refractivity contribution < 1.29 is 4.74 Å². The van der Waals surface area contributed by atoms with Crippen molar-refractivity contribution >= 4 is 0 Å². The van der Waals surface area contributed by atoms with E-state index >= 15 is 0 Å². The zero-order valence-electron chi connectivity index (χ0n) is 13.3. The highest BCUT2D eigenvalue weighted by Crippen LogP contribution is 2.22. The molecule has 0 bridgehead atoms. The van der Waals surface area contributed by atoms with E-state index in [4.69, 9.17) is 4.74 Å². The third kappa shape index (κ3) is 6.38. The lowest BCUT2D eigenvalue weighted by Gasteiger charge is -2.18. The highest BCUT2D eigenvalue weighted by Gasteiger charge is 2.11. The van der Waals surface area contributed by atoms with E-state index < -0.39 is 0 Å². The Kier molecular flexibility index (Phi) is 9.05.